The number of hydrogen-bond acceptors (Lipinski definition) is 5. The molecule has 6 rings (SSSR count). The van der Waals surface area contributed by atoms with Gasteiger partial charge in [-0.1, -0.05) is 6.07 Å². The van der Waals surface area contributed by atoms with Crippen LogP contribution in [-0.2, 0) is 20.9 Å². The average molecular weight is 533 g/mol. The Morgan fingerprint density at radius 2 is 1.97 bits per heavy atom. The maximum Gasteiger partial charge on any atom is 0.286 e. The minimum Gasteiger partial charge on any atom is -0.380 e. The maximum absolute atomic E-state index is 13.7. The van der Waals surface area contributed by atoms with Gasteiger partial charge in [0.2, 0.25) is 5.91 Å². The number of aromatic nitrogens is 2. The summed E-state index contributed by atoms with van der Waals surface area (Å²) in [5.74, 6) is -2.75. The van der Waals surface area contributed by atoms with E-state index in [1.165, 1.54) is 12.3 Å². The van der Waals surface area contributed by atoms with Crippen molar-refractivity contribution in [3.8, 4) is 11.1 Å². The molecule has 2 fully saturated rings. The molecule has 9 heteroatoms. The molecule has 3 aromatic rings. The Hall–Kier alpha value is -3.72. The fourth-order valence-corrected chi connectivity index (χ4v) is 6.21. The summed E-state index contributed by atoms with van der Waals surface area (Å²) in [7, 11) is 0. The van der Waals surface area contributed by atoms with Crippen molar-refractivity contribution in [1.82, 2.24) is 9.97 Å². The van der Waals surface area contributed by atoms with Gasteiger partial charge < -0.3 is 10.1 Å². The summed E-state index contributed by atoms with van der Waals surface area (Å²) >= 11 is 0. The van der Waals surface area contributed by atoms with E-state index < -0.39 is 17.5 Å². The third-order valence-corrected chi connectivity index (χ3v) is 8.30. The van der Waals surface area contributed by atoms with E-state index >= 15 is 0 Å². The molecule has 4 heterocycles. The van der Waals surface area contributed by atoms with Gasteiger partial charge >= 0.3 is 0 Å². The molecule has 1 saturated carbocycles. The molecular weight excluding hydrogens is 502 g/mol. The van der Waals surface area contributed by atoms with Gasteiger partial charge in [0.15, 0.2) is 0 Å². The Kier molecular flexibility index (Phi) is 5.84. The lowest BCUT2D eigenvalue weighted by atomic mass is 9.75. The first-order chi connectivity index (χ1) is 18.5. The Morgan fingerprint density at radius 1 is 1.18 bits per heavy atom. The SMILES string of the molecule is Cc1ccc(NC(=O)c2ccnc(C(C)(F)F)c2)cc1-c1cnc2c(c1)C13CC1COC[C@H]3C(=O)N2C(C)C. The number of fused-ring (bicyclic) bond motifs is 1. The minimum atomic E-state index is -3.15. The van der Waals surface area contributed by atoms with Crippen molar-refractivity contribution in [3.63, 3.8) is 0 Å². The maximum atomic E-state index is 13.7. The number of nitrogens with one attached hydrogen (secondary N) is 1. The number of hydrogen-bond donors (Lipinski definition) is 1. The molecule has 2 aromatic heterocycles. The van der Waals surface area contributed by atoms with Gasteiger partial charge in [0.25, 0.3) is 11.8 Å². The smallest absolute Gasteiger partial charge is 0.286 e. The zero-order valence-corrected chi connectivity index (χ0v) is 22.3. The molecule has 1 spiro atoms. The van der Waals surface area contributed by atoms with E-state index in [9.17, 15) is 18.4 Å². The molecule has 39 heavy (non-hydrogen) atoms. The Morgan fingerprint density at radius 3 is 2.72 bits per heavy atom. The van der Waals surface area contributed by atoms with Gasteiger partial charge in [-0.25, -0.2) is 4.98 Å². The first-order valence-electron chi connectivity index (χ1n) is 13.2. The van der Waals surface area contributed by atoms with Gasteiger partial charge in [-0.05, 0) is 74.6 Å². The topological polar surface area (TPSA) is 84.4 Å². The van der Waals surface area contributed by atoms with Crippen LogP contribution in [0.4, 0.5) is 20.3 Å². The lowest BCUT2D eigenvalue weighted by Gasteiger charge is -2.43. The van der Waals surface area contributed by atoms with E-state index in [-0.39, 0.29) is 28.8 Å². The number of ether oxygens (including phenoxy) is 1. The van der Waals surface area contributed by atoms with Crippen LogP contribution in [0.5, 0.6) is 0 Å². The molecule has 1 aliphatic carbocycles. The standard InChI is InChI=1S/C30H30F2N4O3/c1-16(2)36-26-23(30-12-20(30)14-39-15-24(30)28(36)38)9-19(13-34-26)22-11-21(6-5-17(22)3)35-27(37)18-7-8-33-25(10-18)29(4,31)32/h5-11,13,16,20,24H,12,14-15H2,1-4H3,(H,35,37)/t20?,24-,30?/m0/s1. The average Bonchev–Trinajstić information content (AvgIpc) is 3.64. The van der Waals surface area contributed by atoms with Crippen LogP contribution in [-0.4, -0.2) is 41.0 Å². The van der Waals surface area contributed by atoms with Gasteiger partial charge in [-0.2, -0.15) is 8.78 Å². The number of rotatable bonds is 5. The van der Waals surface area contributed by atoms with E-state index in [1.807, 2.05) is 32.9 Å². The molecule has 0 bridgehead atoms. The first kappa shape index (κ1) is 25.6. The van der Waals surface area contributed by atoms with Gasteiger partial charge in [-0.15, -0.1) is 0 Å². The molecular formula is C30H30F2N4O3. The number of carbonyl (C=O) groups is 2. The Balaban J connectivity index is 1.36. The molecule has 1 saturated heterocycles. The van der Waals surface area contributed by atoms with Gasteiger partial charge in [-0.3, -0.25) is 19.5 Å². The number of carbonyl (C=O) groups excluding carboxylic acids is 2. The number of anilines is 2. The van der Waals surface area contributed by atoms with Crippen LogP contribution in [0, 0.1) is 18.8 Å². The van der Waals surface area contributed by atoms with Crippen molar-refractivity contribution in [1.29, 1.82) is 0 Å². The molecule has 3 aliphatic rings. The molecule has 1 N–H and O–H groups in total. The molecule has 2 aliphatic heterocycles. The van der Waals surface area contributed by atoms with Crippen LogP contribution in [0.25, 0.3) is 11.1 Å². The highest BCUT2D eigenvalue weighted by Crippen LogP contribution is 2.65. The number of halogens is 2. The van der Waals surface area contributed by atoms with Crippen molar-refractivity contribution < 1.29 is 23.1 Å². The Labute approximate surface area is 225 Å². The summed E-state index contributed by atoms with van der Waals surface area (Å²) in [5.41, 5.74) is 3.80. The molecule has 7 nitrogen and oxygen atoms in total. The van der Waals surface area contributed by atoms with Crippen LogP contribution in [0.2, 0.25) is 0 Å². The van der Waals surface area contributed by atoms with Gasteiger partial charge in [0.1, 0.15) is 11.5 Å². The second-order valence-corrected chi connectivity index (χ2v) is 11.2. The van der Waals surface area contributed by atoms with Crippen molar-refractivity contribution in [2.24, 2.45) is 11.8 Å². The predicted molar refractivity (Wildman–Crippen MR) is 143 cm³/mol. The second-order valence-electron chi connectivity index (χ2n) is 11.2. The molecule has 0 radical (unpaired) electrons. The monoisotopic (exact) mass is 532 g/mol. The quantitative estimate of drug-likeness (QED) is 0.471. The molecule has 202 valence electrons. The summed E-state index contributed by atoms with van der Waals surface area (Å²) in [6, 6.07) is 10.2. The van der Waals surface area contributed by atoms with Crippen molar-refractivity contribution in [3.05, 3.63) is 71.2 Å². The van der Waals surface area contributed by atoms with Gasteiger partial charge in [0, 0.05) is 53.2 Å². The third kappa shape index (κ3) is 4.11. The summed E-state index contributed by atoms with van der Waals surface area (Å²) in [4.78, 5) is 36.7. The van der Waals surface area contributed by atoms with E-state index in [0.29, 0.717) is 24.8 Å². The number of aryl methyl sites for hydroxylation is 1. The Bertz CT molecular complexity index is 1500. The lowest BCUT2D eigenvalue weighted by Crippen LogP contribution is -2.53. The number of pyridine rings is 2. The fraction of sp³-hybridized carbons (Fsp3) is 0.400. The van der Waals surface area contributed by atoms with E-state index in [4.69, 9.17) is 9.72 Å². The summed E-state index contributed by atoms with van der Waals surface area (Å²) < 4.78 is 33.2. The molecule has 1 aromatic carbocycles. The lowest BCUT2D eigenvalue weighted by molar-refractivity contribution is -0.129. The highest BCUT2D eigenvalue weighted by atomic mass is 19.3. The summed E-state index contributed by atoms with van der Waals surface area (Å²) in [5, 5.41) is 2.82. The van der Waals surface area contributed by atoms with Crippen LogP contribution in [0.3, 0.4) is 0 Å². The van der Waals surface area contributed by atoms with Crippen LogP contribution < -0.4 is 10.2 Å². The zero-order chi connectivity index (χ0) is 27.7. The summed E-state index contributed by atoms with van der Waals surface area (Å²) in [6.07, 6.45) is 3.90. The normalized spacial score (nSPS) is 23.7. The van der Waals surface area contributed by atoms with E-state index in [0.717, 1.165) is 47.5 Å². The highest BCUT2D eigenvalue weighted by Gasteiger charge is 2.68. The van der Waals surface area contributed by atoms with Gasteiger partial charge in [0.05, 0.1) is 19.1 Å². The highest BCUT2D eigenvalue weighted by molar-refractivity contribution is 6.04. The largest absolute Gasteiger partial charge is 0.380 e. The van der Waals surface area contributed by atoms with Crippen LogP contribution in [0.1, 0.15) is 54.4 Å². The van der Waals surface area contributed by atoms with E-state index in [1.54, 1.807) is 17.2 Å². The van der Waals surface area contributed by atoms with E-state index in [2.05, 4.69) is 16.4 Å². The fourth-order valence-electron chi connectivity index (χ4n) is 6.21. The molecule has 2 unspecified atom stereocenters. The van der Waals surface area contributed by atoms with Crippen molar-refractivity contribution >= 4 is 23.3 Å². The number of nitrogens with zero attached hydrogens (tertiary/aromatic N) is 3. The van der Waals surface area contributed by atoms with Crippen molar-refractivity contribution in [2.75, 3.05) is 23.4 Å². The number of benzene rings is 1. The third-order valence-electron chi connectivity index (χ3n) is 8.30. The van der Waals surface area contributed by atoms with Crippen molar-refractivity contribution in [2.45, 2.75) is 51.5 Å². The number of amides is 2. The minimum absolute atomic E-state index is 0.0345. The summed E-state index contributed by atoms with van der Waals surface area (Å²) in [6.45, 7) is 7.79. The first-order valence-corrected chi connectivity index (χ1v) is 13.2. The zero-order valence-electron chi connectivity index (χ0n) is 22.3. The molecule has 3 atom stereocenters. The number of alkyl halides is 2. The van der Waals surface area contributed by atoms with Crippen LogP contribution in [0.15, 0.2) is 48.8 Å². The molecule has 2 amide bonds. The van der Waals surface area contributed by atoms with Crippen LogP contribution >= 0.6 is 0 Å². The predicted octanol–water partition coefficient (Wildman–Crippen LogP) is 5.48. The second kappa shape index (κ2) is 8.91.